The van der Waals surface area contributed by atoms with Gasteiger partial charge in [0.2, 0.25) is 16.0 Å². The zero-order valence-corrected chi connectivity index (χ0v) is 12.6. The van der Waals surface area contributed by atoms with Crippen LogP contribution in [0.2, 0.25) is 0 Å². The van der Waals surface area contributed by atoms with E-state index in [2.05, 4.69) is 25.0 Å². The minimum atomic E-state index is -3.66. The molecular formula is C13H17N5O2S. The van der Waals surface area contributed by atoms with Crippen LogP contribution < -0.4 is 10.0 Å². The second-order valence-electron chi connectivity index (χ2n) is 4.40. The van der Waals surface area contributed by atoms with Gasteiger partial charge in [-0.2, -0.15) is 0 Å². The van der Waals surface area contributed by atoms with Crippen LogP contribution in [-0.4, -0.2) is 29.9 Å². The highest BCUT2D eigenvalue weighted by Crippen LogP contribution is 2.15. The van der Waals surface area contributed by atoms with Crippen molar-refractivity contribution in [1.29, 1.82) is 0 Å². The normalized spacial score (nSPS) is 12.9. The number of aromatic nitrogens is 3. The second kappa shape index (κ2) is 6.59. The van der Waals surface area contributed by atoms with E-state index in [1.165, 1.54) is 12.4 Å². The predicted octanol–water partition coefficient (Wildman–Crippen LogP) is 1.34. The van der Waals surface area contributed by atoms with Crippen LogP contribution in [0.15, 0.2) is 41.8 Å². The van der Waals surface area contributed by atoms with Crippen LogP contribution >= 0.6 is 0 Å². The smallest absolute Gasteiger partial charge is 0.244 e. The van der Waals surface area contributed by atoms with Crippen LogP contribution in [0.1, 0.15) is 25.5 Å². The second-order valence-corrected chi connectivity index (χ2v) is 6.11. The van der Waals surface area contributed by atoms with Crippen LogP contribution in [0.4, 0.5) is 5.95 Å². The lowest BCUT2D eigenvalue weighted by Crippen LogP contribution is -2.27. The van der Waals surface area contributed by atoms with Gasteiger partial charge >= 0.3 is 0 Å². The summed E-state index contributed by atoms with van der Waals surface area (Å²) in [5.41, 5.74) is 0.832. The molecule has 1 atom stereocenters. The van der Waals surface area contributed by atoms with Crippen molar-refractivity contribution in [3.63, 3.8) is 0 Å². The van der Waals surface area contributed by atoms with Crippen LogP contribution in [0, 0.1) is 0 Å². The van der Waals surface area contributed by atoms with Gasteiger partial charge in [0.25, 0.3) is 0 Å². The van der Waals surface area contributed by atoms with E-state index in [4.69, 9.17) is 0 Å². The number of hydrogen-bond donors (Lipinski definition) is 2. The van der Waals surface area contributed by atoms with Gasteiger partial charge in [-0.15, -0.1) is 0 Å². The molecule has 2 N–H and O–H groups in total. The Bertz CT molecular complexity index is 673. The van der Waals surface area contributed by atoms with Gasteiger partial charge in [-0.3, -0.25) is 4.98 Å². The van der Waals surface area contributed by atoms with E-state index in [-0.39, 0.29) is 10.9 Å². The van der Waals surface area contributed by atoms with Gasteiger partial charge in [0, 0.05) is 25.0 Å². The van der Waals surface area contributed by atoms with Gasteiger partial charge in [-0.1, -0.05) is 0 Å². The van der Waals surface area contributed by atoms with Crippen molar-refractivity contribution in [2.24, 2.45) is 0 Å². The van der Waals surface area contributed by atoms with Crippen molar-refractivity contribution in [2.45, 2.75) is 24.8 Å². The van der Waals surface area contributed by atoms with Crippen LogP contribution in [0.25, 0.3) is 0 Å². The lowest BCUT2D eigenvalue weighted by molar-refractivity contribution is 0.566. The summed E-state index contributed by atoms with van der Waals surface area (Å²) in [6, 6.07) is 3.15. The largest absolute Gasteiger partial charge is 0.355 e. The predicted molar refractivity (Wildman–Crippen MR) is 79.2 cm³/mol. The van der Waals surface area contributed by atoms with Crippen molar-refractivity contribution in [2.75, 3.05) is 11.9 Å². The van der Waals surface area contributed by atoms with Gasteiger partial charge in [0.05, 0.1) is 12.4 Å². The molecule has 2 aromatic heterocycles. The zero-order valence-electron chi connectivity index (χ0n) is 11.8. The lowest BCUT2D eigenvalue weighted by atomic mass is 10.1. The minimum Gasteiger partial charge on any atom is -0.355 e. The molecule has 0 aliphatic heterocycles. The third-order valence-corrected chi connectivity index (χ3v) is 4.31. The summed E-state index contributed by atoms with van der Waals surface area (Å²) >= 11 is 0. The summed E-state index contributed by atoms with van der Waals surface area (Å²) in [4.78, 5) is 11.9. The Kier molecular flexibility index (Phi) is 4.81. The monoisotopic (exact) mass is 307 g/mol. The fourth-order valence-electron chi connectivity index (χ4n) is 1.73. The van der Waals surface area contributed by atoms with E-state index < -0.39 is 10.0 Å². The van der Waals surface area contributed by atoms with E-state index in [1.54, 1.807) is 31.5 Å². The molecule has 0 saturated heterocycles. The van der Waals surface area contributed by atoms with E-state index in [9.17, 15) is 8.42 Å². The number of sulfonamides is 1. The van der Waals surface area contributed by atoms with Gasteiger partial charge in [0.15, 0.2) is 0 Å². The SMILES string of the molecule is CCNc1ncc(S(=O)(=O)NC(C)c2ccncc2)cn1. The Labute approximate surface area is 123 Å². The Hall–Kier alpha value is -2.06. The average molecular weight is 307 g/mol. The Morgan fingerprint density at radius 2 is 1.81 bits per heavy atom. The Morgan fingerprint density at radius 3 is 2.38 bits per heavy atom. The number of nitrogens with zero attached hydrogens (tertiary/aromatic N) is 3. The number of hydrogen-bond acceptors (Lipinski definition) is 6. The summed E-state index contributed by atoms with van der Waals surface area (Å²) in [7, 11) is -3.66. The molecule has 2 rings (SSSR count). The Balaban J connectivity index is 2.14. The highest BCUT2D eigenvalue weighted by Gasteiger charge is 2.19. The first-order valence-electron chi connectivity index (χ1n) is 6.51. The van der Waals surface area contributed by atoms with Gasteiger partial charge in [-0.05, 0) is 31.5 Å². The first kappa shape index (κ1) is 15.3. The molecule has 0 bridgehead atoms. The topological polar surface area (TPSA) is 96.9 Å². The van der Waals surface area contributed by atoms with E-state index in [0.29, 0.717) is 12.5 Å². The summed E-state index contributed by atoms with van der Waals surface area (Å²) in [5, 5.41) is 2.91. The fraction of sp³-hybridized carbons (Fsp3) is 0.308. The molecule has 8 heteroatoms. The molecule has 0 aliphatic rings. The number of anilines is 1. The van der Waals surface area contributed by atoms with E-state index in [0.717, 1.165) is 5.56 Å². The van der Waals surface area contributed by atoms with E-state index >= 15 is 0 Å². The number of pyridine rings is 1. The van der Waals surface area contributed by atoms with Gasteiger partial charge < -0.3 is 5.32 Å². The minimum absolute atomic E-state index is 0.0325. The number of rotatable bonds is 6. The lowest BCUT2D eigenvalue weighted by Gasteiger charge is -2.14. The van der Waals surface area contributed by atoms with Gasteiger partial charge in [0.1, 0.15) is 4.90 Å². The van der Waals surface area contributed by atoms with Crippen LogP contribution in [0.5, 0.6) is 0 Å². The molecule has 1 unspecified atom stereocenters. The maximum atomic E-state index is 12.3. The number of nitrogens with one attached hydrogen (secondary N) is 2. The molecular weight excluding hydrogens is 290 g/mol. The highest BCUT2D eigenvalue weighted by atomic mass is 32.2. The molecule has 0 aromatic carbocycles. The van der Waals surface area contributed by atoms with Crippen molar-refractivity contribution in [3.05, 3.63) is 42.5 Å². The standard InChI is InChI=1S/C13H17N5O2S/c1-3-15-13-16-8-12(9-17-13)21(19,20)18-10(2)11-4-6-14-7-5-11/h4-10,18H,3H2,1-2H3,(H,15,16,17). The zero-order chi connectivity index (χ0) is 15.3. The molecule has 0 amide bonds. The summed E-state index contributed by atoms with van der Waals surface area (Å²) in [6.45, 7) is 4.34. The Morgan fingerprint density at radius 1 is 1.19 bits per heavy atom. The van der Waals surface area contributed by atoms with Crippen molar-refractivity contribution >= 4 is 16.0 Å². The maximum absolute atomic E-state index is 12.3. The summed E-state index contributed by atoms with van der Waals surface area (Å²) < 4.78 is 27.1. The third-order valence-electron chi connectivity index (χ3n) is 2.81. The molecule has 21 heavy (non-hydrogen) atoms. The molecule has 7 nitrogen and oxygen atoms in total. The first-order chi connectivity index (χ1) is 10.0. The third kappa shape index (κ3) is 3.96. The van der Waals surface area contributed by atoms with Gasteiger partial charge in [-0.25, -0.2) is 23.1 Å². The molecule has 0 spiro atoms. The molecule has 2 heterocycles. The fourth-order valence-corrected chi connectivity index (χ4v) is 2.85. The summed E-state index contributed by atoms with van der Waals surface area (Å²) in [5.74, 6) is 0.402. The highest BCUT2D eigenvalue weighted by molar-refractivity contribution is 7.89. The molecule has 2 aromatic rings. The maximum Gasteiger partial charge on any atom is 0.244 e. The van der Waals surface area contributed by atoms with Crippen LogP contribution in [0.3, 0.4) is 0 Å². The molecule has 0 radical (unpaired) electrons. The quantitative estimate of drug-likeness (QED) is 0.836. The van der Waals surface area contributed by atoms with Crippen LogP contribution in [-0.2, 0) is 10.0 Å². The molecule has 112 valence electrons. The van der Waals surface area contributed by atoms with Crippen molar-refractivity contribution in [1.82, 2.24) is 19.7 Å². The molecule has 0 aliphatic carbocycles. The van der Waals surface area contributed by atoms with Crippen molar-refractivity contribution in [3.8, 4) is 0 Å². The first-order valence-corrected chi connectivity index (χ1v) is 7.99. The summed E-state index contributed by atoms with van der Waals surface area (Å²) in [6.07, 6.45) is 5.81. The average Bonchev–Trinajstić information content (AvgIpc) is 2.48. The van der Waals surface area contributed by atoms with E-state index in [1.807, 2.05) is 6.92 Å². The molecule has 0 fully saturated rings. The van der Waals surface area contributed by atoms with Crippen molar-refractivity contribution < 1.29 is 8.42 Å². The molecule has 0 saturated carbocycles.